The monoisotopic (exact) mass is 277 g/mol. The highest BCUT2D eigenvalue weighted by Gasteiger charge is 2.28. The van der Waals surface area contributed by atoms with Gasteiger partial charge in [-0.15, -0.1) is 0 Å². The molecule has 1 rings (SSSR count). The Morgan fingerprint density at radius 3 is 1.65 bits per heavy atom. The number of hydrogen-bond donors (Lipinski definition) is 1. The molecule has 0 bridgehead atoms. The van der Waals surface area contributed by atoms with Gasteiger partial charge in [0.15, 0.2) is 17.3 Å². The second-order valence-electron chi connectivity index (χ2n) is 4.36. The number of carboxylic acid groups (broad SMARTS) is 1. The van der Waals surface area contributed by atoms with Gasteiger partial charge >= 0.3 is 5.97 Å². The second-order valence-corrected chi connectivity index (χ2v) is 4.36. The van der Waals surface area contributed by atoms with Crippen LogP contribution in [0, 0.1) is 0 Å². The summed E-state index contributed by atoms with van der Waals surface area (Å²) >= 11 is 0. The van der Waals surface area contributed by atoms with Gasteiger partial charge in [0.2, 0.25) is 0 Å². The average molecular weight is 277 g/mol. The minimum atomic E-state index is -1.34. The zero-order valence-electron chi connectivity index (χ0n) is 11.7. The van der Waals surface area contributed by atoms with Crippen molar-refractivity contribution in [3.05, 3.63) is 28.1 Å². The molecule has 0 unspecified atom stereocenters. The van der Waals surface area contributed by atoms with E-state index >= 15 is 0 Å². The molecule has 6 heteroatoms. The van der Waals surface area contributed by atoms with Gasteiger partial charge in [-0.05, 0) is 18.9 Å². The first-order chi connectivity index (χ1) is 9.22. The normalized spacial score (nSPS) is 10.2. The number of nitrogens with zero attached hydrogens (tertiary/aromatic N) is 1. The zero-order valence-corrected chi connectivity index (χ0v) is 11.7. The lowest BCUT2D eigenvalue weighted by atomic mass is 9.92. The van der Waals surface area contributed by atoms with Crippen LogP contribution in [-0.2, 0) is 6.42 Å². The van der Waals surface area contributed by atoms with Crippen molar-refractivity contribution in [3.63, 3.8) is 0 Å². The van der Waals surface area contributed by atoms with Gasteiger partial charge in [0, 0.05) is 13.8 Å². The molecule has 1 aromatic heterocycles. The SMILES string of the molecule is CCc1c(C(C)=O)c(C(C)=O)nc(C(C)=O)c1C(=O)O. The first-order valence-corrected chi connectivity index (χ1v) is 6.05. The Bertz CT molecular complexity index is 581. The Labute approximate surface area is 115 Å². The lowest BCUT2D eigenvalue weighted by Gasteiger charge is -2.14. The third-order valence-electron chi connectivity index (χ3n) is 2.89. The van der Waals surface area contributed by atoms with Crippen molar-refractivity contribution in [1.29, 1.82) is 0 Å². The van der Waals surface area contributed by atoms with Crippen LogP contribution in [0.25, 0.3) is 0 Å². The van der Waals surface area contributed by atoms with Crippen molar-refractivity contribution in [1.82, 2.24) is 4.98 Å². The van der Waals surface area contributed by atoms with Gasteiger partial charge in [-0.1, -0.05) is 6.92 Å². The molecule has 0 aliphatic carbocycles. The Hall–Kier alpha value is -2.37. The van der Waals surface area contributed by atoms with E-state index in [1.165, 1.54) is 20.8 Å². The first kappa shape index (κ1) is 15.7. The van der Waals surface area contributed by atoms with E-state index in [0.717, 1.165) is 0 Å². The molecule has 0 saturated heterocycles. The van der Waals surface area contributed by atoms with Crippen LogP contribution in [0.15, 0.2) is 0 Å². The maximum absolute atomic E-state index is 11.7. The summed E-state index contributed by atoms with van der Waals surface area (Å²) < 4.78 is 0. The molecular formula is C14H15NO5. The van der Waals surface area contributed by atoms with Crippen LogP contribution in [0.1, 0.15) is 75.0 Å². The topological polar surface area (TPSA) is 101 Å². The number of ketones is 3. The van der Waals surface area contributed by atoms with Crippen molar-refractivity contribution in [2.24, 2.45) is 0 Å². The molecule has 0 saturated carbocycles. The number of Topliss-reactive ketones (excluding diaryl/α,β-unsaturated/α-hetero) is 3. The van der Waals surface area contributed by atoms with Crippen LogP contribution in [0.2, 0.25) is 0 Å². The molecular weight excluding hydrogens is 262 g/mol. The number of aromatic nitrogens is 1. The molecule has 0 aromatic carbocycles. The van der Waals surface area contributed by atoms with Crippen LogP contribution >= 0.6 is 0 Å². The van der Waals surface area contributed by atoms with Crippen molar-refractivity contribution in [3.8, 4) is 0 Å². The molecule has 1 N–H and O–H groups in total. The summed E-state index contributed by atoms with van der Waals surface area (Å²) in [7, 11) is 0. The van der Waals surface area contributed by atoms with Crippen molar-refractivity contribution >= 4 is 23.3 Å². The molecule has 0 spiro atoms. The van der Waals surface area contributed by atoms with Gasteiger partial charge in [-0.3, -0.25) is 14.4 Å². The summed E-state index contributed by atoms with van der Waals surface area (Å²) in [6, 6.07) is 0. The van der Waals surface area contributed by atoms with Gasteiger partial charge in [0.05, 0.1) is 11.1 Å². The molecule has 0 fully saturated rings. The van der Waals surface area contributed by atoms with Crippen LogP contribution in [0.3, 0.4) is 0 Å². The number of aromatic carboxylic acids is 1. The van der Waals surface area contributed by atoms with E-state index in [1.807, 2.05) is 0 Å². The molecule has 106 valence electrons. The molecule has 0 atom stereocenters. The molecule has 0 radical (unpaired) electrons. The average Bonchev–Trinajstić information content (AvgIpc) is 2.34. The number of carbonyl (C=O) groups excluding carboxylic acids is 3. The van der Waals surface area contributed by atoms with E-state index in [9.17, 15) is 24.3 Å². The minimum Gasteiger partial charge on any atom is -0.478 e. The number of carboxylic acids is 1. The van der Waals surface area contributed by atoms with Gasteiger partial charge in [-0.25, -0.2) is 9.78 Å². The van der Waals surface area contributed by atoms with Gasteiger partial charge < -0.3 is 5.11 Å². The molecule has 0 aliphatic rings. The number of pyridine rings is 1. The molecule has 1 heterocycles. The lowest BCUT2D eigenvalue weighted by molar-refractivity contribution is 0.0689. The summed E-state index contributed by atoms with van der Waals surface area (Å²) in [5.41, 5.74) is -0.567. The summed E-state index contributed by atoms with van der Waals surface area (Å²) in [6.45, 7) is 5.29. The maximum Gasteiger partial charge on any atom is 0.338 e. The van der Waals surface area contributed by atoms with Crippen molar-refractivity contribution < 1.29 is 24.3 Å². The molecule has 0 amide bonds. The van der Waals surface area contributed by atoms with Crippen LogP contribution in [0.4, 0.5) is 0 Å². The molecule has 20 heavy (non-hydrogen) atoms. The Morgan fingerprint density at radius 2 is 1.35 bits per heavy atom. The number of hydrogen-bond acceptors (Lipinski definition) is 5. The summed E-state index contributed by atoms with van der Waals surface area (Å²) in [5.74, 6) is -2.83. The maximum atomic E-state index is 11.7. The van der Waals surface area contributed by atoms with E-state index in [4.69, 9.17) is 0 Å². The lowest BCUT2D eigenvalue weighted by Crippen LogP contribution is -2.21. The fourth-order valence-corrected chi connectivity index (χ4v) is 2.11. The van der Waals surface area contributed by atoms with Gasteiger partial charge in [0.25, 0.3) is 0 Å². The fraction of sp³-hybridized carbons (Fsp3) is 0.357. The van der Waals surface area contributed by atoms with Crippen molar-refractivity contribution in [2.75, 3.05) is 0 Å². The highest BCUT2D eigenvalue weighted by atomic mass is 16.4. The summed E-state index contributed by atoms with van der Waals surface area (Å²) in [6.07, 6.45) is 0.208. The predicted octanol–water partition coefficient (Wildman–Crippen LogP) is 1.95. The third-order valence-corrected chi connectivity index (χ3v) is 2.89. The standard InChI is InChI=1S/C14H15NO5/c1-5-9-10(6(2)16)12(7(3)17)15-13(8(4)18)11(9)14(19)20/h5H2,1-4H3,(H,19,20). The van der Waals surface area contributed by atoms with E-state index in [1.54, 1.807) is 6.92 Å². The highest BCUT2D eigenvalue weighted by Crippen LogP contribution is 2.23. The minimum absolute atomic E-state index is 0.0117. The summed E-state index contributed by atoms with van der Waals surface area (Å²) in [4.78, 5) is 50.1. The van der Waals surface area contributed by atoms with Crippen molar-refractivity contribution in [2.45, 2.75) is 34.1 Å². The Morgan fingerprint density at radius 1 is 0.900 bits per heavy atom. The third kappa shape index (κ3) is 2.64. The van der Waals surface area contributed by atoms with E-state index in [-0.39, 0.29) is 34.5 Å². The van der Waals surface area contributed by atoms with E-state index in [2.05, 4.69) is 4.98 Å². The fourth-order valence-electron chi connectivity index (χ4n) is 2.11. The first-order valence-electron chi connectivity index (χ1n) is 6.05. The highest BCUT2D eigenvalue weighted by molar-refractivity contribution is 6.12. The quantitative estimate of drug-likeness (QED) is 0.825. The molecule has 6 nitrogen and oxygen atoms in total. The molecule has 1 aromatic rings. The van der Waals surface area contributed by atoms with Gasteiger partial charge in [0.1, 0.15) is 11.4 Å². The smallest absolute Gasteiger partial charge is 0.338 e. The van der Waals surface area contributed by atoms with Gasteiger partial charge in [-0.2, -0.15) is 0 Å². The number of rotatable bonds is 5. The summed E-state index contributed by atoms with van der Waals surface area (Å²) in [5, 5.41) is 9.27. The van der Waals surface area contributed by atoms with E-state index in [0.29, 0.717) is 0 Å². The van der Waals surface area contributed by atoms with E-state index < -0.39 is 23.3 Å². The second kappa shape index (κ2) is 5.73. The predicted molar refractivity (Wildman–Crippen MR) is 70.6 cm³/mol. The van der Waals surface area contributed by atoms with Crippen LogP contribution < -0.4 is 0 Å². The zero-order chi connectivity index (χ0) is 15.6. The van der Waals surface area contributed by atoms with Crippen LogP contribution in [0.5, 0.6) is 0 Å². The Balaban J connectivity index is 3.99. The Kier molecular flexibility index (Phi) is 4.49. The van der Waals surface area contributed by atoms with Crippen LogP contribution in [-0.4, -0.2) is 33.4 Å². The largest absolute Gasteiger partial charge is 0.478 e. The molecule has 0 aliphatic heterocycles. The number of carbonyl (C=O) groups is 4.